The van der Waals surface area contributed by atoms with Gasteiger partial charge >= 0.3 is 7.60 Å². The summed E-state index contributed by atoms with van der Waals surface area (Å²) in [7, 11) is -0.585. The Kier molecular flexibility index (Phi) is 4.14. The van der Waals surface area contributed by atoms with Crippen molar-refractivity contribution < 1.29 is 13.6 Å². The van der Waals surface area contributed by atoms with Crippen LogP contribution in [0.2, 0.25) is 0 Å². The van der Waals surface area contributed by atoms with Crippen LogP contribution in [-0.2, 0) is 13.6 Å². The van der Waals surface area contributed by atoms with Gasteiger partial charge in [-0.1, -0.05) is 30.3 Å². The Hall–Kier alpha value is -0.340. The molecule has 78 valence electrons. The molecule has 0 saturated carbocycles. The molecule has 0 bridgehead atoms. The molecule has 14 heavy (non-hydrogen) atoms. The van der Waals surface area contributed by atoms with Gasteiger partial charge in [0.1, 0.15) is 0 Å². The van der Waals surface area contributed by atoms with E-state index in [0.717, 1.165) is 5.56 Å². The lowest BCUT2D eigenvalue weighted by Gasteiger charge is -2.18. The fourth-order valence-electron chi connectivity index (χ4n) is 1.05. The normalized spacial score (nSPS) is 13.9. The summed E-state index contributed by atoms with van der Waals surface area (Å²) in [4.78, 5) is 0. The van der Waals surface area contributed by atoms with Gasteiger partial charge in [-0.3, -0.25) is 4.57 Å². The molecule has 0 fully saturated rings. The van der Waals surface area contributed by atoms with E-state index in [0.29, 0.717) is 0 Å². The van der Waals surface area contributed by atoms with Gasteiger partial charge in [0.15, 0.2) is 5.12 Å². The molecule has 0 amide bonds. The van der Waals surface area contributed by atoms with Gasteiger partial charge in [-0.15, -0.1) is 11.6 Å². The van der Waals surface area contributed by atoms with E-state index in [9.17, 15) is 4.57 Å². The Morgan fingerprint density at radius 3 is 2.14 bits per heavy atom. The molecule has 0 aliphatic rings. The minimum Gasteiger partial charge on any atom is -0.311 e. The first kappa shape index (κ1) is 11.7. The first-order valence-corrected chi connectivity index (χ1v) is 6.09. The molecular weight excluding hydrogens is 223 g/mol. The average molecular weight is 235 g/mol. The number of halogens is 1. The van der Waals surface area contributed by atoms with Crippen LogP contribution in [0.3, 0.4) is 0 Å². The van der Waals surface area contributed by atoms with E-state index in [-0.39, 0.29) is 0 Å². The highest BCUT2D eigenvalue weighted by atomic mass is 35.5. The lowest BCUT2D eigenvalue weighted by molar-refractivity contribution is 0.273. The maximum atomic E-state index is 11.9. The zero-order valence-electron chi connectivity index (χ0n) is 8.01. The number of rotatable bonds is 4. The van der Waals surface area contributed by atoms with E-state index in [2.05, 4.69) is 0 Å². The van der Waals surface area contributed by atoms with Crippen molar-refractivity contribution in [2.24, 2.45) is 0 Å². The highest BCUT2D eigenvalue weighted by Gasteiger charge is 2.33. The topological polar surface area (TPSA) is 35.5 Å². The fraction of sp³-hybridized carbons (Fsp3) is 0.333. The van der Waals surface area contributed by atoms with Gasteiger partial charge < -0.3 is 9.05 Å². The van der Waals surface area contributed by atoms with Crippen LogP contribution in [0.4, 0.5) is 0 Å². The van der Waals surface area contributed by atoms with Crippen molar-refractivity contribution in [1.82, 2.24) is 0 Å². The number of alkyl halides is 1. The standard InChI is InChI=1S/C9H12ClO3P/c1-12-14(11,13-2)9(10)8-6-4-3-5-7-8/h3-7,9H,1-2H3. The Labute approximate surface area is 88.5 Å². The molecule has 5 heteroatoms. The van der Waals surface area contributed by atoms with E-state index >= 15 is 0 Å². The summed E-state index contributed by atoms with van der Waals surface area (Å²) in [5.74, 6) is 0. The Morgan fingerprint density at radius 1 is 1.21 bits per heavy atom. The van der Waals surface area contributed by atoms with E-state index < -0.39 is 12.7 Å². The van der Waals surface area contributed by atoms with Crippen molar-refractivity contribution in [3.8, 4) is 0 Å². The summed E-state index contributed by atoms with van der Waals surface area (Å²) >= 11 is 6.00. The quantitative estimate of drug-likeness (QED) is 0.592. The zero-order valence-corrected chi connectivity index (χ0v) is 9.66. The monoisotopic (exact) mass is 234 g/mol. The lowest BCUT2D eigenvalue weighted by atomic mass is 10.2. The number of benzene rings is 1. The summed E-state index contributed by atoms with van der Waals surface area (Å²) in [6, 6.07) is 9.06. The second-order valence-electron chi connectivity index (χ2n) is 2.65. The smallest absolute Gasteiger partial charge is 0.311 e. The molecule has 0 radical (unpaired) electrons. The molecular formula is C9H12ClO3P. The van der Waals surface area contributed by atoms with Crippen molar-refractivity contribution in [2.45, 2.75) is 5.12 Å². The molecule has 0 spiro atoms. The van der Waals surface area contributed by atoms with Crippen molar-refractivity contribution >= 4 is 19.2 Å². The van der Waals surface area contributed by atoms with Crippen LogP contribution in [0.1, 0.15) is 10.7 Å². The van der Waals surface area contributed by atoms with Crippen LogP contribution in [0, 0.1) is 0 Å². The minimum atomic E-state index is -3.23. The van der Waals surface area contributed by atoms with Gasteiger partial charge in [0.2, 0.25) is 0 Å². The molecule has 0 aromatic heterocycles. The highest BCUT2D eigenvalue weighted by Crippen LogP contribution is 2.61. The van der Waals surface area contributed by atoms with E-state index in [1.807, 2.05) is 18.2 Å². The summed E-state index contributed by atoms with van der Waals surface area (Å²) in [6.45, 7) is 0. The first-order valence-electron chi connectivity index (χ1n) is 4.04. The van der Waals surface area contributed by atoms with Crippen LogP contribution in [-0.4, -0.2) is 14.2 Å². The van der Waals surface area contributed by atoms with E-state index in [4.69, 9.17) is 20.6 Å². The summed E-state index contributed by atoms with van der Waals surface area (Å²) in [5, 5.41) is -0.765. The predicted molar refractivity (Wildman–Crippen MR) is 56.7 cm³/mol. The zero-order chi connectivity index (χ0) is 10.6. The molecule has 1 aromatic rings. The van der Waals surface area contributed by atoms with Crippen LogP contribution in [0.15, 0.2) is 30.3 Å². The fourth-order valence-corrected chi connectivity index (χ4v) is 2.73. The molecule has 1 unspecified atom stereocenters. The molecule has 0 saturated heterocycles. The van der Waals surface area contributed by atoms with Gasteiger partial charge in [-0.25, -0.2) is 0 Å². The third-order valence-corrected chi connectivity index (χ3v) is 4.70. The van der Waals surface area contributed by atoms with Gasteiger partial charge in [0.05, 0.1) is 0 Å². The molecule has 0 N–H and O–H groups in total. The Balaban J connectivity index is 2.95. The number of hydrogen-bond acceptors (Lipinski definition) is 3. The maximum Gasteiger partial charge on any atom is 0.352 e. The Morgan fingerprint density at radius 2 is 1.71 bits per heavy atom. The molecule has 0 aliphatic carbocycles. The van der Waals surface area contributed by atoms with Crippen LogP contribution in [0.5, 0.6) is 0 Å². The predicted octanol–water partition coefficient (Wildman–Crippen LogP) is 3.41. The average Bonchev–Trinajstić information content (AvgIpc) is 2.28. The molecule has 0 aliphatic heterocycles. The molecule has 1 rings (SSSR count). The third-order valence-electron chi connectivity index (χ3n) is 1.86. The van der Waals surface area contributed by atoms with Gasteiger partial charge in [0.25, 0.3) is 0 Å². The maximum absolute atomic E-state index is 11.9. The van der Waals surface area contributed by atoms with Crippen molar-refractivity contribution in [3.05, 3.63) is 35.9 Å². The SMILES string of the molecule is COP(=O)(OC)C(Cl)c1ccccc1. The summed E-state index contributed by atoms with van der Waals surface area (Å²) in [6.07, 6.45) is 0. The van der Waals surface area contributed by atoms with Crippen molar-refractivity contribution in [1.29, 1.82) is 0 Å². The highest BCUT2D eigenvalue weighted by molar-refractivity contribution is 7.56. The summed E-state index contributed by atoms with van der Waals surface area (Å²) in [5.41, 5.74) is 0.723. The molecule has 1 aromatic carbocycles. The second-order valence-corrected chi connectivity index (χ2v) is 5.72. The largest absolute Gasteiger partial charge is 0.352 e. The van der Waals surface area contributed by atoms with Crippen LogP contribution < -0.4 is 0 Å². The third kappa shape index (κ3) is 2.37. The van der Waals surface area contributed by atoms with Crippen LogP contribution in [0.25, 0.3) is 0 Å². The Bertz CT molecular complexity index is 320. The first-order chi connectivity index (χ1) is 6.64. The molecule has 1 atom stereocenters. The number of hydrogen-bond donors (Lipinski definition) is 0. The molecule has 0 heterocycles. The lowest BCUT2D eigenvalue weighted by Crippen LogP contribution is -1.97. The van der Waals surface area contributed by atoms with Gasteiger partial charge in [-0.2, -0.15) is 0 Å². The van der Waals surface area contributed by atoms with E-state index in [1.54, 1.807) is 12.1 Å². The minimum absolute atomic E-state index is 0.723. The van der Waals surface area contributed by atoms with Gasteiger partial charge in [-0.05, 0) is 5.56 Å². The van der Waals surface area contributed by atoms with E-state index in [1.165, 1.54) is 14.2 Å². The second kappa shape index (κ2) is 4.94. The van der Waals surface area contributed by atoms with Gasteiger partial charge in [0, 0.05) is 14.2 Å². The van der Waals surface area contributed by atoms with Crippen LogP contribution >= 0.6 is 19.2 Å². The summed E-state index contributed by atoms with van der Waals surface area (Å²) < 4.78 is 21.5. The van der Waals surface area contributed by atoms with Crippen molar-refractivity contribution in [3.63, 3.8) is 0 Å². The molecule has 3 nitrogen and oxygen atoms in total. The van der Waals surface area contributed by atoms with Crippen molar-refractivity contribution in [2.75, 3.05) is 14.2 Å².